The number of benzene rings is 2. The summed E-state index contributed by atoms with van der Waals surface area (Å²) < 4.78 is 0. The molecule has 2 heteroatoms. The van der Waals surface area contributed by atoms with Gasteiger partial charge < -0.3 is 10.2 Å². The predicted molar refractivity (Wildman–Crippen MR) is 63.3 cm³/mol. The van der Waals surface area contributed by atoms with Crippen molar-refractivity contribution in [3.63, 3.8) is 0 Å². The Morgan fingerprint density at radius 1 is 0.875 bits per heavy atom. The molecular formula is C14H13O2. The molecule has 0 aromatic heterocycles. The van der Waals surface area contributed by atoms with E-state index in [-0.39, 0.29) is 11.5 Å². The van der Waals surface area contributed by atoms with Crippen molar-refractivity contribution in [1.82, 2.24) is 0 Å². The van der Waals surface area contributed by atoms with Gasteiger partial charge in [0.15, 0.2) is 11.5 Å². The van der Waals surface area contributed by atoms with Crippen molar-refractivity contribution in [3.8, 4) is 11.5 Å². The van der Waals surface area contributed by atoms with Gasteiger partial charge in [-0.15, -0.1) is 0 Å². The molecule has 0 amide bonds. The minimum atomic E-state index is -0.0862. The molecule has 0 heterocycles. The van der Waals surface area contributed by atoms with Crippen LogP contribution in [0.25, 0.3) is 0 Å². The Hall–Kier alpha value is -1.96. The van der Waals surface area contributed by atoms with E-state index in [4.69, 9.17) is 5.11 Å². The van der Waals surface area contributed by atoms with E-state index in [0.717, 1.165) is 12.0 Å². The lowest BCUT2D eigenvalue weighted by atomic mass is 10.0. The van der Waals surface area contributed by atoms with Crippen molar-refractivity contribution in [1.29, 1.82) is 0 Å². The molecule has 0 aliphatic rings. The highest BCUT2D eigenvalue weighted by atomic mass is 16.3. The lowest BCUT2D eigenvalue weighted by Gasteiger charge is -2.03. The van der Waals surface area contributed by atoms with Gasteiger partial charge in [0.2, 0.25) is 0 Å². The Balaban J connectivity index is 2.03. The molecule has 0 spiro atoms. The summed E-state index contributed by atoms with van der Waals surface area (Å²) in [5, 5.41) is 18.5. The van der Waals surface area contributed by atoms with Crippen LogP contribution in [0.4, 0.5) is 0 Å². The lowest BCUT2D eigenvalue weighted by molar-refractivity contribution is 0.403. The fourth-order valence-corrected chi connectivity index (χ4v) is 1.52. The molecule has 2 aromatic carbocycles. The first-order valence-corrected chi connectivity index (χ1v) is 5.15. The molecular weight excluding hydrogens is 200 g/mol. The van der Waals surface area contributed by atoms with Crippen LogP contribution >= 0.6 is 0 Å². The average Bonchev–Trinajstić information content (AvgIpc) is 2.32. The first kappa shape index (κ1) is 10.6. The summed E-state index contributed by atoms with van der Waals surface area (Å²) >= 11 is 0. The van der Waals surface area contributed by atoms with Crippen LogP contribution in [0, 0.1) is 6.42 Å². The van der Waals surface area contributed by atoms with E-state index in [1.54, 1.807) is 12.1 Å². The second kappa shape index (κ2) is 4.71. The van der Waals surface area contributed by atoms with Gasteiger partial charge in [-0.3, -0.25) is 0 Å². The summed E-state index contributed by atoms with van der Waals surface area (Å²) in [5.74, 6) is -0.168. The second-order valence-electron chi connectivity index (χ2n) is 3.64. The van der Waals surface area contributed by atoms with Gasteiger partial charge in [0.05, 0.1) is 0 Å². The molecule has 0 atom stereocenters. The number of phenols is 2. The summed E-state index contributed by atoms with van der Waals surface area (Å²) in [6.45, 7) is 0. The summed E-state index contributed by atoms with van der Waals surface area (Å²) in [7, 11) is 0. The number of aromatic hydroxyl groups is 2. The number of hydrogen-bond acceptors (Lipinski definition) is 2. The Morgan fingerprint density at radius 2 is 1.62 bits per heavy atom. The fraction of sp³-hybridized carbons (Fsp3) is 0.0714. The Labute approximate surface area is 94.8 Å². The maximum absolute atomic E-state index is 9.33. The van der Waals surface area contributed by atoms with Gasteiger partial charge in [0.25, 0.3) is 0 Å². The molecule has 0 aliphatic carbocycles. The molecule has 0 aliphatic heterocycles. The van der Waals surface area contributed by atoms with E-state index in [1.165, 1.54) is 11.6 Å². The molecule has 2 aromatic rings. The van der Waals surface area contributed by atoms with Crippen molar-refractivity contribution in [2.45, 2.75) is 6.42 Å². The Kier molecular flexibility index (Phi) is 3.10. The number of rotatable bonds is 3. The molecule has 2 rings (SSSR count). The Bertz CT molecular complexity index is 463. The number of hydrogen-bond donors (Lipinski definition) is 2. The van der Waals surface area contributed by atoms with Crippen LogP contribution in [-0.4, -0.2) is 10.2 Å². The SMILES string of the molecule is Oc1ccc([CH]Cc2ccccc2)cc1O. The molecule has 0 fully saturated rings. The van der Waals surface area contributed by atoms with E-state index in [2.05, 4.69) is 12.1 Å². The van der Waals surface area contributed by atoms with Gasteiger partial charge in [0.1, 0.15) is 0 Å². The highest BCUT2D eigenvalue weighted by Gasteiger charge is 2.01. The molecule has 81 valence electrons. The van der Waals surface area contributed by atoms with Crippen LogP contribution in [0.15, 0.2) is 48.5 Å². The van der Waals surface area contributed by atoms with E-state index in [0.29, 0.717) is 0 Å². The van der Waals surface area contributed by atoms with Gasteiger partial charge in [-0.1, -0.05) is 36.4 Å². The maximum atomic E-state index is 9.33. The van der Waals surface area contributed by atoms with Gasteiger partial charge >= 0.3 is 0 Å². The number of phenolic OH excluding ortho intramolecular Hbond substituents is 2. The zero-order valence-electron chi connectivity index (χ0n) is 8.80. The van der Waals surface area contributed by atoms with Gasteiger partial charge in [0, 0.05) is 0 Å². The molecule has 0 saturated heterocycles. The highest BCUT2D eigenvalue weighted by molar-refractivity contribution is 5.43. The summed E-state index contributed by atoms with van der Waals surface area (Å²) in [6, 6.07) is 14.9. The average molecular weight is 213 g/mol. The summed E-state index contributed by atoms with van der Waals surface area (Å²) in [6.07, 6.45) is 2.82. The van der Waals surface area contributed by atoms with Crippen molar-refractivity contribution in [3.05, 3.63) is 66.1 Å². The van der Waals surface area contributed by atoms with E-state index in [1.807, 2.05) is 24.6 Å². The van der Waals surface area contributed by atoms with Gasteiger partial charge in [-0.2, -0.15) is 0 Å². The minimum absolute atomic E-state index is 0.0817. The Morgan fingerprint density at radius 3 is 2.31 bits per heavy atom. The molecule has 0 saturated carbocycles. The van der Waals surface area contributed by atoms with Crippen LogP contribution in [0.1, 0.15) is 11.1 Å². The third-order valence-electron chi connectivity index (χ3n) is 2.42. The third kappa shape index (κ3) is 2.54. The van der Waals surface area contributed by atoms with Crippen LogP contribution in [0.2, 0.25) is 0 Å². The normalized spacial score (nSPS) is 10.2. The topological polar surface area (TPSA) is 40.5 Å². The third-order valence-corrected chi connectivity index (χ3v) is 2.42. The molecule has 2 N–H and O–H groups in total. The predicted octanol–water partition coefficient (Wildman–Crippen LogP) is 2.89. The smallest absolute Gasteiger partial charge is 0.157 e. The maximum Gasteiger partial charge on any atom is 0.157 e. The highest BCUT2D eigenvalue weighted by Crippen LogP contribution is 2.25. The van der Waals surface area contributed by atoms with Crippen molar-refractivity contribution in [2.24, 2.45) is 0 Å². The van der Waals surface area contributed by atoms with Gasteiger partial charge in [-0.05, 0) is 36.1 Å². The molecule has 0 unspecified atom stereocenters. The van der Waals surface area contributed by atoms with E-state index in [9.17, 15) is 5.11 Å². The summed E-state index contributed by atoms with van der Waals surface area (Å²) in [4.78, 5) is 0. The van der Waals surface area contributed by atoms with Crippen LogP contribution in [0.3, 0.4) is 0 Å². The van der Waals surface area contributed by atoms with Crippen molar-refractivity contribution >= 4 is 0 Å². The first-order chi connectivity index (χ1) is 7.75. The largest absolute Gasteiger partial charge is 0.504 e. The monoisotopic (exact) mass is 213 g/mol. The van der Waals surface area contributed by atoms with Crippen molar-refractivity contribution < 1.29 is 10.2 Å². The van der Waals surface area contributed by atoms with Crippen molar-refractivity contribution in [2.75, 3.05) is 0 Å². The van der Waals surface area contributed by atoms with Crippen LogP contribution in [-0.2, 0) is 6.42 Å². The quantitative estimate of drug-likeness (QED) is 0.769. The van der Waals surface area contributed by atoms with Crippen LogP contribution in [0.5, 0.6) is 11.5 Å². The molecule has 0 bridgehead atoms. The second-order valence-corrected chi connectivity index (χ2v) is 3.64. The standard InChI is InChI=1S/C14H13O2/c15-13-9-8-12(10-14(13)16)7-6-11-4-2-1-3-5-11/h1-5,7-10,15-16H,6H2. The lowest BCUT2D eigenvalue weighted by Crippen LogP contribution is -1.87. The zero-order valence-corrected chi connectivity index (χ0v) is 8.80. The molecule has 1 radical (unpaired) electrons. The van der Waals surface area contributed by atoms with E-state index >= 15 is 0 Å². The zero-order chi connectivity index (χ0) is 11.4. The van der Waals surface area contributed by atoms with Crippen LogP contribution < -0.4 is 0 Å². The van der Waals surface area contributed by atoms with E-state index < -0.39 is 0 Å². The fourth-order valence-electron chi connectivity index (χ4n) is 1.52. The molecule has 16 heavy (non-hydrogen) atoms. The van der Waals surface area contributed by atoms with Gasteiger partial charge in [-0.25, -0.2) is 0 Å². The summed E-state index contributed by atoms with van der Waals surface area (Å²) in [5.41, 5.74) is 2.12. The first-order valence-electron chi connectivity index (χ1n) is 5.15. The minimum Gasteiger partial charge on any atom is -0.504 e. The molecule has 2 nitrogen and oxygen atoms in total.